The van der Waals surface area contributed by atoms with Gasteiger partial charge in [-0.15, -0.1) is 0 Å². The molecule has 2 amide bonds. The highest BCUT2D eigenvalue weighted by atomic mass is 35.5. The molecule has 2 aliphatic heterocycles. The third kappa shape index (κ3) is 4.67. The van der Waals surface area contributed by atoms with Gasteiger partial charge in [-0.2, -0.15) is 0 Å². The van der Waals surface area contributed by atoms with Crippen molar-refractivity contribution in [2.75, 3.05) is 32.8 Å². The molecule has 7 rings (SSSR count). The van der Waals surface area contributed by atoms with Crippen molar-refractivity contribution in [1.82, 2.24) is 23.9 Å². The third-order valence-corrected chi connectivity index (χ3v) is 9.95. The Morgan fingerprint density at radius 2 is 1.79 bits per heavy atom. The molecule has 1 aromatic carbocycles. The number of halogens is 1. The van der Waals surface area contributed by atoms with Crippen LogP contribution in [0.5, 0.6) is 0 Å². The number of hydrogen-bond acceptors (Lipinski definition) is 6. The van der Waals surface area contributed by atoms with Gasteiger partial charge < -0.3 is 19.8 Å². The van der Waals surface area contributed by atoms with Gasteiger partial charge in [0.15, 0.2) is 5.65 Å². The maximum Gasteiger partial charge on any atom is 0.407 e. The van der Waals surface area contributed by atoms with Crippen LogP contribution in [-0.4, -0.2) is 84.6 Å². The quantitative estimate of drug-likeness (QED) is 0.446. The number of nitrogens with zero attached hydrogens (tertiary/aromatic N) is 5. The van der Waals surface area contributed by atoms with Gasteiger partial charge in [0.25, 0.3) is 5.56 Å². The SMILES string of the molecule is O=C(O)N1CCOC[C@H]1c1ccc(-n2c(Cl)cc3c(=O)n(CC4(O)CCN(C(=O)C5(C6CC6)CC5)CC4)cnc32)cc1. The molecule has 4 aliphatic rings. The fourth-order valence-electron chi connectivity index (χ4n) is 6.88. The first-order valence-electron chi connectivity index (χ1n) is 14.6. The molecule has 222 valence electrons. The van der Waals surface area contributed by atoms with Crippen LogP contribution < -0.4 is 5.56 Å². The van der Waals surface area contributed by atoms with Gasteiger partial charge in [0.05, 0.1) is 42.2 Å². The molecule has 42 heavy (non-hydrogen) atoms. The van der Waals surface area contributed by atoms with Crippen molar-refractivity contribution in [2.24, 2.45) is 11.3 Å². The number of likely N-dealkylation sites (tertiary alicyclic amines) is 1. The van der Waals surface area contributed by atoms with E-state index in [1.54, 1.807) is 10.6 Å². The van der Waals surface area contributed by atoms with E-state index in [0.717, 1.165) is 31.2 Å². The van der Waals surface area contributed by atoms with E-state index in [1.807, 2.05) is 29.2 Å². The van der Waals surface area contributed by atoms with E-state index in [-0.39, 0.29) is 30.0 Å². The highest BCUT2D eigenvalue weighted by molar-refractivity contribution is 6.31. The van der Waals surface area contributed by atoms with Crippen LogP contribution in [0.4, 0.5) is 4.79 Å². The van der Waals surface area contributed by atoms with Crippen molar-refractivity contribution in [3.05, 3.63) is 57.7 Å². The van der Waals surface area contributed by atoms with E-state index in [4.69, 9.17) is 16.3 Å². The molecule has 0 unspecified atom stereocenters. The van der Waals surface area contributed by atoms with Crippen LogP contribution in [-0.2, 0) is 16.1 Å². The van der Waals surface area contributed by atoms with Gasteiger partial charge in [-0.25, -0.2) is 9.78 Å². The molecule has 2 saturated carbocycles. The number of fused-ring (bicyclic) bond motifs is 1. The van der Waals surface area contributed by atoms with Crippen LogP contribution in [0.15, 0.2) is 41.5 Å². The van der Waals surface area contributed by atoms with Gasteiger partial charge in [-0.1, -0.05) is 23.7 Å². The van der Waals surface area contributed by atoms with Crippen molar-refractivity contribution in [2.45, 2.75) is 56.7 Å². The lowest BCUT2D eigenvalue weighted by molar-refractivity contribution is -0.142. The minimum atomic E-state index is -1.11. The molecule has 0 radical (unpaired) electrons. The van der Waals surface area contributed by atoms with Crippen LogP contribution in [0.1, 0.15) is 50.1 Å². The van der Waals surface area contributed by atoms with Crippen molar-refractivity contribution in [3.63, 3.8) is 0 Å². The van der Waals surface area contributed by atoms with Crippen LogP contribution in [0, 0.1) is 11.3 Å². The van der Waals surface area contributed by atoms with Gasteiger partial charge in [-0.05, 0) is 68.2 Å². The first-order chi connectivity index (χ1) is 20.2. The number of benzene rings is 1. The molecule has 1 atom stereocenters. The summed E-state index contributed by atoms with van der Waals surface area (Å²) < 4.78 is 8.61. The number of aromatic nitrogens is 3. The summed E-state index contributed by atoms with van der Waals surface area (Å²) in [5.74, 6) is 0.802. The maximum atomic E-state index is 13.5. The van der Waals surface area contributed by atoms with Crippen LogP contribution in [0.3, 0.4) is 0 Å². The Morgan fingerprint density at radius 3 is 2.43 bits per heavy atom. The average molecular weight is 596 g/mol. The number of piperidine rings is 1. The highest BCUT2D eigenvalue weighted by Gasteiger charge is 2.60. The second kappa shape index (κ2) is 10.1. The fourth-order valence-corrected chi connectivity index (χ4v) is 7.17. The summed E-state index contributed by atoms with van der Waals surface area (Å²) >= 11 is 6.60. The molecule has 12 heteroatoms. The monoisotopic (exact) mass is 595 g/mol. The summed E-state index contributed by atoms with van der Waals surface area (Å²) in [6.45, 7) is 2.02. The van der Waals surface area contributed by atoms with Crippen LogP contribution in [0.25, 0.3) is 16.7 Å². The number of rotatable bonds is 6. The van der Waals surface area contributed by atoms with E-state index in [1.165, 1.54) is 15.8 Å². The van der Waals surface area contributed by atoms with Crippen LogP contribution >= 0.6 is 11.6 Å². The summed E-state index contributed by atoms with van der Waals surface area (Å²) in [4.78, 5) is 46.2. The molecule has 3 aromatic rings. The molecule has 2 aliphatic carbocycles. The molecule has 11 nitrogen and oxygen atoms in total. The molecule has 2 N–H and O–H groups in total. The van der Waals surface area contributed by atoms with Gasteiger partial charge in [0.1, 0.15) is 11.5 Å². The first kappa shape index (κ1) is 27.4. The Hall–Kier alpha value is -3.41. The molecule has 4 fully saturated rings. The topological polar surface area (TPSA) is 130 Å². The minimum absolute atomic E-state index is 0.0889. The van der Waals surface area contributed by atoms with E-state index in [0.29, 0.717) is 66.9 Å². The van der Waals surface area contributed by atoms with Crippen molar-refractivity contribution < 1.29 is 24.5 Å². The van der Waals surface area contributed by atoms with E-state index in [9.17, 15) is 24.6 Å². The molecule has 0 bridgehead atoms. The molecular formula is C30H34ClN5O6. The highest BCUT2D eigenvalue weighted by Crippen LogP contribution is 2.62. The number of amides is 2. The second-order valence-corrected chi connectivity index (χ2v) is 12.7. The number of carboxylic acid groups (broad SMARTS) is 1. The molecule has 2 saturated heterocycles. The number of hydrogen-bond donors (Lipinski definition) is 2. The summed E-state index contributed by atoms with van der Waals surface area (Å²) in [6.07, 6.45) is 5.55. The zero-order valence-corrected chi connectivity index (χ0v) is 24.0. The third-order valence-electron chi connectivity index (χ3n) is 9.67. The standard InChI is InChI=1S/C30H34ClN5O6/c31-24-15-22-25(36(24)21-5-1-19(2-6-21)23-16-42-14-13-35(23)28(39)40)32-18-34(26(22)37)17-29(41)9-11-33(12-10-29)27(38)30(7-8-30)20-3-4-20/h1-2,5-6,15,18,20,23,41H,3-4,7-14,16-17H2,(H,39,40)/t23-/m0/s1. The lowest BCUT2D eigenvalue weighted by Crippen LogP contribution is -2.51. The minimum Gasteiger partial charge on any atom is -0.465 e. The normalized spacial score (nSPS) is 23.2. The molecule has 4 heterocycles. The maximum absolute atomic E-state index is 13.5. The Balaban J connectivity index is 1.08. The summed E-state index contributed by atoms with van der Waals surface area (Å²) in [5.41, 5.74) is 0.329. The zero-order valence-electron chi connectivity index (χ0n) is 23.2. The Labute approximate surface area is 247 Å². The van der Waals surface area contributed by atoms with Gasteiger partial charge >= 0.3 is 6.09 Å². The van der Waals surface area contributed by atoms with Crippen LogP contribution in [0.2, 0.25) is 5.15 Å². The second-order valence-electron chi connectivity index (χ2n) is 12.3. The summed E-state index contributed by atoms with van der Waals surface area (Å²) in [7, 11) is 0. The number of carbonyl (C=O) groups is 2. The van der Waals surface area contributed by atoms with Gasteiger partial charge in [0, 0.05) is 25.3 Å². The summed E-state index contributed by atoms with van der Waals surface area (Å²) in [5, 5.41) is 21.6. The number of morpholine rings is 1. The number of carbonyl (C=O) groups excluding carboxylic acids is 1. The number of aliphatic hydroxyl groups is 1. The average Bonchev–Trinajstić information content (AvgIpc) is 3.91. The molecule has 2 aromatic heterocycles. The lowest BCUT2D eigenvalue weighted by atomic mass is 9.89. The summed E-state index contributed by atoms with van der Waals surface area (Å²) in [6, 6.07) is 8.46. The predicted octanol–water partition coefficient (Wildman–Crippen LogP) is 3.44. The number of ether oxygens (including phenoxy) is 1. The smallest absolute Gasteiger partial charge is 0.407 e. The van der Waals surface area contributed by atoms with Crippen molar-refractivity contribution in [3.8, 4) is 5.69 Å². The Bertz CT molecular complexity index is 1600. The Morgan fingerprint density at radius 1 is 1.07 bits per heavy atom. The molecular weight excluding hydrogens is 562 g/mol. The first-order valence-corrected chi connectivity index (χ1v) is 15.0. The van der Waals surface area contributed by atoms with Gasteiger partial charge in [-0.3, -0.25) is 23.6 Å². The van der Waals surface area contributed by atoms with Gasteiger partial charge in [0.2, 0.25) is 5.91 Å². The van der Waals surface area contributed by atoms with Crippen molar-refractivity contribution >= 4 is 34.6 Å². The zero-order chi connectivity index (χ0) is 29.2. The largest absolute Gasteiger partial charge is 0.465 e. The fraction of sp³-hybridized carbons (Fsp3) is 0.533. The van der Waals surface area contributed by atoms with E-state index in [2.05, 4.69) is 4.98 Å². The van der Waals surface area contributed by atoms with E-state index < -0.39 is 17.7 Å². The Kier molecular flexibility index (Phi) is 6.59. The predicted molar refractivity (Wildman–Crippen MR) is 154 cm³/mol. The molecule has 0 spiro atoms. The lowest BCUT2D eigenvalue weighted by Gasteiger charge is -2.39. The van der Waals surface area contributed by atoms with Crippen molar-refractivity contribution in [1.29, 1.82) is 0 Å². The van der Waals surface area contributed by atoms with E-state index >= 15 is 0 Å².